The Kier molecular flexibility index (Phi) is 13.9. The zero-order chi connectivity index (χ0) is 36.3. The van der Waals surface area contributed by atoms with E-state index in [1.54, 1.807) is 20.8 Å². The Labute approximate surface area is 278 Å². The lowest BCUT2D eigenvalue weighted by Gasteiger charge is -2.26. The van der Waals surface area contributed by atoms with Crippen molar-refractivity contribution in [1.82, 2.24) is 14.7 Å². The Bertz CT molecular complexity index is 1630. The lowest BCUT2D eigenvalue weighted by atomic mass is 10.0. The second-order valence-electron chi connectivity index (χ2n) is 12.1. The first-order valence-corrected chi connectivity index (χ1v) is 16.0. The van der Waals surface area contributed by atoms with Crippen molar-refractivity contribution in [1.29, 1.82) is 0 Å². The predicted octanol–water partition coefficient (Wildman–Crippen LogP) is 5.91. The standard InChI is InChI=1S/C26H28F2N4O7S.C6H12O2/c1-17(33)39-32(25(34)38-26(2,3)4)23-9-5-8-21(30-23)22(31-40(35,36)20-7-6-14-29-16-20)15-18-10-12-19(13-11-18)37-24(27)28;1-5(7)8-6(2,3)4/h5-14,16,22,24,31H,15H2,1-4H3;1-4H3. The molecule has 2 aromatic heterocycles. The first-order valence-electron chi connectivity index (χ1n) is 14.5. The molecule has 0 aliphatic rings. The highest BCUT2D eigenvalue weighted by atomic mass is 32.2. The van der Waals surface area contributed by atoms with Crippen LogP contribution in [-0.2, 0) is 40.3 Å². The van der Waals surface area contributed by atoms with Gasteiger partial charge < -0.3 is 19.0 Å². The van der Waals surface area contributed by atoms with Crippen LogP contribution in [0.3, 0.4) is 0 Å². The molecule has 1 N–H and O–H groups in total. The molecule has 1 amide bonds. The molecule has 0 aliphatic heterocycles. The van der Waals surface area contributed by atoms with Gasteiger partial charge in [0.05, 0.1) is 11.7 Å². The Morgan fingerprint density at radius 2 is 1.50 bits per heavy atom. The molecule has 0 saturated carbocycles. The number of benzene rings is 1. The first-order chi connectivity index (χ1) is 22.1. The molecule has 1 unspecified atom stereocenters. The maximum Gasteiger partial charge on any atom is 0.450 e. The van der Waals surface area contributed by atoms with Crippen molar-refractivity contribution < 1.29 is 50.6 Å². The Morgan fingerprint density at radius 3 is 1.98 bits per heavy atom. The van der Waals surface area contributed by atoms with E-state index in [0.29, 0.717) is 10.6 Å². The molecule has 0 spiro atoms. The van der Waals surface area contributed by atoms with Crippen LogP contribution in [0.4, 0.5) is 19.4 Å². The first kappa shape index (κ1) is 39.5. The van der Waals surface area contributed by atoms with Crippen molar-refractivity contribution in [2.24, 2.45) is 0 Å². The molecular formula is C32H40F2N4O9S. The van der Waals surface area contributed by atoms with Gasteiger partial charge in [0, 0.05) is 26.2 Å². The summed E-state index contributed by atoms with van der Waals surface area (Å²) in [5.41, 5.74) is -0.545. The molecule has 3 aromatic rings. The third-order valence-corrected chi connectivity index (χ3v) is 6.84. The van der Waals surface area contributed by atoms with Crippen molar-refractivity contribution in [2.45, 2.75) is 90.6 Å². The van der Waals surface area contributed by atoms with Gasteiger partial charge in [0.1, 0.15) is 21.8 Å². The van der Waals surface area contributed by atoms with Crippen LogP contribution >= 0.6 is 0 Å². The molecule has 2 heterocycles. The van der Waals surface area contributed by atoms with Gasteiger partial charge in [-0.15, -0.1) is 0 Å². The Morgan fingerprint density at radius 1 is 0.875 bits per heavy atom. The van der Waals surface area contributed by atoms with E-state index in [-0.39, 0.29) is 40.1 Å². The van der Waals surface area contributed by atoms with Crippen LogP contribution < -0.4 is 14.5 Å². The smallest absolute Gasteiger partial charge is 0.450 e. The molecule has 3 rings (SSSR count). The molecule has 262 valence electrons. The number of anilines is 1. The average Bonchev–Trinajstić information content (AvgIpc) is 2.95. The van der Waals surface area contributed by atoms with Gasteiger partial charge in [0.25, 0.3) is 0 Å². The number of rotatable bonds is 9. The van der Waals surface area contributed by atoms with Crippen LogP contribution in [0.2, 0.25) is 0 Å². The van der Waals surface area contributed by atoms with Gasteiger partial charge in [-0.3, -0.25) is 9.78 Å². The number of nitrogens with zero attached hydrogens (tertiary/aromatic N) is 3. The topological polar surface area (TPSA) is 163 Å². The fourth-order valence-electron chi connectivity index (χ4n) is 3.80. The minimum absolute atomic E-state index is 0.0188. The monoisotopic (exact) mass is 694 g/mol. The number of nitrogens with one attached hydrogen (secondary N) is 1. The van der Waals surface area contributed by atoms with E-state index in [4.69, 9.17) is 14.3 Å². The lowest BCUT2D eigenvalue weighted by Crippen LogP contribution is -2.39. The van der Waals surface area contributed by atoms with Crippen molar-refractivity contribution in [3.05, 3.63) is 78.2 Å². The second-order valence-corrected chi connectivity index (χ2v) is 13.8. The summed E-state index contributed by atoms with van der Waals surface area (Å²) in [6, 6.07) is 11.8. The molecule has 48 heavy (non-hydrogen) atoms. The quantitative estimate of drug-likeness (QED) is 0.209. The SMILES string of the molecule is CC(=O)OC(C)(C)C.CC(=O)ON(C(=O)OC(C)(C)C)c1cccc(C(Cc2ccc(OC(F)F)cc2)NS(=O)(=O)c2cccnc2)n1. The van der Waals surface area contributed by atoms with Crippen LogP contribution in [0, 0.1) is 0 Å². The van der Waals surface area contributed by atoms with Crippen LogP contribution in [-0.4, -0.2) is 54.2 Å². The number of hydrogen-bond donors (Lipinski definition) is 1. The van der Waals surface area contributed by atoms with Crippen molar-refractivity contribution in [3.8, 4) is 5.75 Å². The van der Waals surface area contributed by atoms with Crippen LogP contribution in [0.15, 0.2) is 71.9 Å². The van der Waals surface area contributed by atoms with Gasteiger partial charge >= 0.3 is 24.6 Å². The van der Waals surface area contributed by atoms with Gasteiger partial charge in [-0.25, -0.2) is 27.7 Å². The molecule has 0 aliphatic carbocycles. The van der Waals surface area contributed by atoms with Gasteiger partial charge in [0.15, 0.2) is 5.82 Å². The van der Waals surface area contributed by atoms with E-state index in [0.717, 1.165) is 6.92 Å². The Hall–Kier alpha value is -4.70. The number of hydroxylamine groups is 1. The average molecular weight is 695 g/mol. The number of carbonyl (C=O) groups is 3. The van der Waals surface area contributed by atoms with Crippen LogP contribution in [0.1, 0.15) is 72.7 Å². The molecule has 0 bridgehead atoms. The summed E-state index contributed by atoms with van der Waals surface area (Å²) in [5.74, 6) is -1.26. The van der Waals surface area contributed by atoms with Crippen molar-refractivity contribution in [3.63, 3.8) is 0 Å². The van der Waals surface area contributed by atoms with Crippen molar-refractivity contribution in [2.75, 3.05) is 5.06 Å². The fourth-order valence-corrected chi connectivity index (χ4v) is 4.97. The molecule has 16 heteroatoms. The normalized spacial score (nSPS) is 12.2. The number of aromatic nitrogens is 2. The molecule has 0 saturated heterocycles. The summed E-state index contributed by atoms with van der Waals surface area (Å²) in [4.78, 5) is 47.9. The summed E-state index contributed by atoms with van der Waals surface area (Å²) < 4.78 is 68.5. The van der Waals surface area contributed by atoms with E-state index < -0.39 is 40.3 Å². The lowest BCUT2D eigenvalue weighted by molar-refractivity contribution is -0.152. The summed E-state index contributed by atoms with van der Waals surface area (Å²) >= 11 is 0. The highest BCUT2D eigenvalue weighted by Gasteiger charge is 2.29. The number of esters is 1. The Balaban J connectivity index is 0.000000886. The van der Waals surface area contributed by atoms with E-state index in [1.165, 1.54) is 73.9 Å². The van der Waals surface area contributed by atoms with Gasteiger partial charge in [-0.2, -0.15) is 8.78 Å². The number of alkyl halides is 2. The van der Waals surface area contributed by atoms with E-state index in [2.05, 4.69) is 19.4 Å². The van der Waals surface area contributed by atoms with Gasteiger partial charge in [0.2, 0.25) is 10.0 Å². The number of sulfonamides is 1. The fraction of sp³-hybridized carbons (Fsp3) is 0.406. The number of ether oxygens (including phenoxy) is 3. The molecular weight excluding hydrogens is 654 g/mol. The number of amides is 1. The van der Waals surface area contributed by atoms with Gasteiger partial charge in [-0.05, 0) is 89.9 Å². The molecule has 1 atom stereocenters. The third kappa shape index (κ3) is 14.4. The van der Waals surface area contributed by atoms with E-state index in [9.17, 15) is 31.6 Å². The zero-order valence-corrected chi connectivity index (χ0v) is 28.7. The summed E-state index contributed by atoms with van der Waals surface area (Å²) in [5, 5.41) is 0.570. The molecule has 0 radical (unpaired) electrons. The second kappa shape index (κ2) is 16.9. The highest BCUT2D eigenvalue weighted by Crippen LogP contribution is 2.25. The minimum Gasteiger partial charge on any atom is -0.460 e. The molecule has 1 aromatic carbocycles. The van der Waals surface area contributed by atoms with Crippen molar-refractivity contribution >= 4 is 33.9 Å². The van der Waals surface area contributed by atoms with E-state index >= 15 is 0 Å². The number of pyridine rings is 2. The molecule has 0 fully saturated rings. The number of carbonyl (C=O) groups excluding carboxylic acids is 3. The zero-order valence-electron chi connectivity index (χ0n) is 27.9. The summed E-state index contributed by atoms with van der Waals surface area (Å²) in [6.45, 7) is 9.91. The maximum absolute atomic E-state index is 13.2. The van der Waals surface area contributed by atoms with Crippen LogP contribution in [0.5, 0.6) is 5.75 Å². The van der Waals surface area contributed by atoms with E-state index in [1.807, 2.05) is 20.8 Å². The predicted molar refractivity (Wildman–Crippen MR) is 170 cm³/mol. The maximum atomic E-state index is 13.2. The number of hydrogen-bond acceptors (Lipinski definition) is 11. The summed E-state index contributed by atoms with van der Waals surface area (Å²) in [7, 11) is -4.11. The van der Waals surface area contributed by atoms with Crippen LogP contribution in [0.25, 0.3) is 0 Å². The largest absolute Gasteiger partial charge is 0.460 e. The summed E-state index contributed by atoms with van der Waals surface area (Å²) in [6.07, 6.45) is 1.59. The minimum atomic E-state index is -4.11. The third-order valence-electron chi connectivity index (χ3n) is 5.38. The van der Waals surface area contributed by atoms with Gasteiger partial charge in [-0.1, -0.05) is 23.3 Å². The highest BCUT2D eigenvalue weighted by molar-refractivity contribution is 7.89. The molecule has 13 nitrogen and oxygen atoms in total. The number of halogens is 2.